The first-order valence-corrected chi connectivity index (χ1v) is 3.16. The SMILES string of the molecule is CCC1N=C(N)NC(N)=N1. The standard InChI is InChI=1S/C5H11N5/c1-2-3-8-4(6)10-5(7)9-3/h3H,2H2,1H3,(H5,6,7,8,9,10). The van der Waals surface area contributed by atoms with E-state index < -0.39 is 0 Å². The molecule has 0 unspecified atom stereocenters. The van der Waals surface area contributed by atoms with Crippen molar-refractivity contribution in [3.8, 4) is 0 Å². The van der Waals surface area contributed by atoms with Gasteiger partial charge in [0, 0.05) is 0 Å². The minimum atomic E-state index is -0.0961. The molecule has 5 heteroatoms. The van der Waals surface area contributed by atoms with Crippen molar-refractivity contribution in [1.29, 1.82) is 0 Å². The average Bonchev–Trinajstić information content (AvgIpc) is 1.85. The summed E-state index contributed by atoms with van der Waals surface area (Å²) in [5.74, 6) is 0.693. The Balaban J connectivity index is 2.67. The van der Waals surface area contributed by atoms with Gasteiger partial charge in [0.05, 0.1) is 0 Å². The number of nitrogens with zero attached hydrogens (tertiary/aromatic N) is 2. The van der Waals surface area contributed by atoms with Gasteiger partial charge in [0.2, 0.25) is 0 Å². The minimum absolute atomic E-state index is 0.0961. The van der Waals surface area contributed by atoms with Crippen molar-refractivity contribution in [3.63, 3.8) is 0 Å². The van der Waals surface area contributed by atoms with Crippen molar-refractivity contribution in [1.82, 2.24) is 5.32 Å². The molecule has 0 aromatic rings. The van der Waals surface area contributed by atoms with Gasteiger partial charge >= 0.3 is 0 Å². The number of aliphatic imine (C=N–C) groups is 2. The summed E-state index contributed by atoms with van der Waals surface area (Å²) < 4.78 is 0. The van der Waals surface area contributed by atoms with Gasteiger partial charge in [-0.25, -0.2) is 9.98 Å². The van der Waals surface area contributed by atoms with Crippen LogP contribution in [0.2, 0.25) is 0 Å². The molecular weight excluding hydrogens is 130 g/mol. The zero-order valence-corrected chi connectivity index (χ0v) is 5.83. The van der Waals surface area contributed by atoms with E-state index in [1.165, 1.54) is 0 Å². The molecule has 5 nitrogen and oxygen atoms in total. The van der Waals surface area contributed by atoms with E-state index in [1.54, 1.807) is 0 Å². The molecule has 0 aliphatic carbocycles. The highest BCUT2D eigenvalue weighted by atomic mass is 15.3. The van der Waals surface area contributed by atoms with Crippen LogP contribution in [0, 0.1) is 0 Å². The molecule has 0 spiro atoms. The Kier molecular flexibility index (Phi) is 1.75. The van der Waals surface area contributed by atoms with E-state index in [9.17, 15) is 0 Å². The predicted octanol–water partition coefficient (Wildman–Crippen LogP) is -1.04. The molecule has 1 aliphatic heterocycles. The quantitative estimate of drug-likeness (QED) is 0.435. The maximum atomic E-state index is 5.37. The summed E-state index contributed by atoms with van der Waals surface area (Å²) >= 11 is 0. The van der Waals surface area contributed by atoms with Crippen LogP contribution in [-0.2, 0) is 0 Å². The second-order valence-corrected chi connectivity index (χ2v) is 2.04. The Morgan fingerprint density at radius 1 is 1.40 bits per heavy atom. The molecule has 10 heavy (non-hydrogen) atoms. The van der Waals surface area contributed by atoms with E-state index in [4.69, 9.17) is 11.5 Å². The molecule has 1 aliphatic rings. The van der Waals surface area contributed by atoms with Gasteiger partial charge < -0.3 is 11.5 Å². The fraction of sp³-hybridized carbons (Fsp3) is 0.600. The van der Waals surface area contributed by atoms with Crippen LogP contribution in [0.25, 0.3) is 0 Å². The lowest BCUT2D eigenvalue weighted by Gasteiger charge is -2.14. The molecule has 1 heterocycles. The molecule has 0 fully saturated rings. The molecular formula is C5H11N5. The topological polar surface area (TPSA) is 88.8 Å². The highest BCUT2D eigenvalue weighted by Crippen LogP contribution is 2.00. The van der Waals surface area contributed by atoms with Crippen LogP contribution in [0.3, 0.4) is 0 Å². The van der Waals surface area contributed by atoms with Crippen LogP contribution in [0.5, 0.6) is 0 Å². The number of guanidine groups is 2. The fourth-order valence-corrected chi connectivity index (χ4v) is 0.728. The number of rotatable bonds is 1. The lowest BCUT2D eigenvalue weighted by atomic mass is 10.4. The highest BCUT2D eigenvalue weighted by molar-refractivity contribution is 5.98. The van der Waals surface area contributed by atoms with Crippen LogP contribution in [0.4, 0.5) is 0 Å². The van der Waals surface area contributed by atoms with Crippen LogP contribution in [-0.4, -0.2) is 18.1 Å². The van der Waals surface area contributed by atoms with Gasteiger partial charge in [-0.05, 0) is 6.42 Å². The molecule has 0 saturated carbocycles. The Labute approximate surface area is 59.2 Å². The normalized spacial score (nSPS) is 19.3. The number of hydrogen-bond donors (Lipinski definition) is 3. The summed E-state index contributed by atoms with van der Waals surface area (Å²) in [6, 6.07) is 0. The largest absolute Gasteiger partial charge is 0.370 e. The Morgan fingerprint density at radius 2 is 1.90 bits per heavy atom. The van der Waals surface area contributed by atoms with Gasteiger partial charge in [-0.2, -0.15) is 0 Å². The van der Waals surface area contributed by atoms with Crippen molar-refractivity contribution in [3.05, 3.63) is 0 Å². The summed E-state index contributed by atoms with van der Waals surface area (Å²) in [6.07, 6.45) is 0.726. The van der Waals surface area contributed by atoms with Crippen molar-refractivity contribution in [2.75, 3.05) is 0 Å². The third kappa shape index (κ3) is 1.37. The van der Waals surface area contributed by atoms with Crippen LogP contribution in [0.15, 0.2) is 9.98 Å². The smallest absolute Gasteiger partial charge is 0.197 e. The molecule has 0 aromatic heterocycles. The van der Waals surface area contributed by atoms with Crippen molar-refractivity contribution in [2.24, 2.45) is 21.5 Å². The Hall–Kier alpha value is -1.26. The molecule has 1 rings (SSSR count). The van der Waals surface area contributed by atoms with E-state index in [0.717, 1.165) is 6.42 Å². The molecule has 0 aromatic carbocycles. The van der Waals surface area contributed by atoms with E-state index in [-0.39, 0.29) is 6.17 Å². The molecule has 0 bridgehead atoms. The summed E-state index contributed by atoms with van der Waals surface area (Å²) in [7, 11) is 0. The first-order valence-electron chi connectivity index (χ1n) is 3.16. The van der Waals surface area contributed by atoms with E-state index in [1.807, 2.05) is 6.92 Å². The van der Waals surface area contributed by atoms with Crippen LogP contribution >= 0.6 is 0 Å². The van der Waals surface area contributed by atoms with Crippen LogP contribution in [0.1, 0.15) is 13.3 Å². The van der Waals surface area contributed by atoms with E-state index >= 15 is 0 Å². The number of hydrogen-bond acceptors (Lipinski definition) is 5. The average molecular weight is 141 g/mol. The van der Waals surface area contributed by atoms with Gasteiger partial charge in [0.1, 0.15) is 6.17 Å². The molecule has 0 atom stereocenters. The van der Waals surface area contributed by atoms with Crippen molar-refractivity contribution < 1.29 is 0 Å². The minimum Gasteiger partial charge on any atom is -0.370 e. The first kappa shape index (κ1) is 6.85. The zero-order valence-electron chi connectivity index (χ0n) is 5.83. The molecule has 56 valence electrons. The summed E-state index contributed by atoms with van der Waals surface area (Å²) in [5, 5.41) is 2.60. The fourth-order valence-electron chi connectivity index (χ4n) is 0.728. The zero-order chi connectivity index (χ0) is 7.56. The molecule has 5 N–H and O–H groups in total. The number of nitrogens with two attached hydrogens (primary N) is 2. The summed E-state index contributed by atoms with van der Waals surface area (Å²) in [5.41, 5.74) is 10.7. The van der Waals surface area contributed by atoms with Gasteiger partial charge in [-0.15, -0.1) is 0 Å². The predicted molar refractivity (Wildman–Crippen MR) is 40.5 cm³/mol. The lowest BCUT2D eigenvalue weighted by molar-refractivity contribution is 0.668. The van der Waals surface area contributed by atoms with Crippen molar-refractivity contribution in [2.45, 2.75) is 19.5 Å². The third-order valence-electron chi connectivity index (χ3n) is 1.20. The van der Waals surface area contributed by atoms with Gasteiger partial charge in [0.25, 0.3) is 0 Å². The highest BCUT2D eigenvalue weighted by Gasteiger charge is 2.09. The van der Waals surface area contributed by atoms with E-state index in [0.29, 0.717) is 11.9 Å². The monoisotopic (exact) mass is 141 g/mol. The maximum absolute atomic E-state index is 5.37. The van der Waals surface area contributed by atoms with Crippen molar-refractivity contribution >= 4 is 11.9 Å². The third-order valence-corrected chi connectivity index (χ3v) is 1.20. The van der Waals surface area contributed by atoms with Crippen LogP contribution < -0.4 is 16.8 Å². The second-order valence-electron chi connectivity index (χ2n) is 2.04. The van der Waals surface area contributed by atoms with Gasteiger partial charge in [-0.3, -0.25) is 5.32 Å². The number of nitrogens with one attached hydrogen (secondary N) is 1. The summed E-state index contributed by atoms with van der Waals surface area (Å²) in [4.78, 5) is 7.93. The lowest BCUT2D eigenvalue weighted by Crippen LogP contribution is -2.45. The second kappa shape index (κ2) is 2.55. The summed E-state index contributed by atoms with van der Waals surface area (Å²) in [6.45, 7) is 1.98. The molecule has 0 saturated heterocycles. The molecule has 0 radical (unpaired) electrons. The Morgan fingerprint density at radius 3 is 2.30 bits per heavy atom. The molecule has 0 amide bonds. The van der Waals surface area contributed by atoms with Gasteiger partial charge in [-0.1, -0.05) is 6.92 Å². The Bertz CT molecular complexity index is 164. The first-order chi connectivity index (χ1) is 4.72. The van der Waals surface area contributed by atoms with E-state index in [2.05, 4.69) is 15.3 Å². The van der Waals surface area contributed by atoms with Gasteiger partial charge in [0.15, 0.2) is 11.9 Å². The maximum Gasteiger partial charge on any atom is 0.197 e.